The quantitative estimate of drug-likeness (QED) is 0.803. The number of fused-ring (bicyclic) bond motifs is 1. The number of hydrogen-bond donors (Lipinski definition) is 1. The molecule has 3 aromatic rings. The van der Waals surface area contributed by atoms with Crippen LogP contribution >= 0.6 is 0 Å². The number of H-pyrrole nitrogens is 1. The summed E-state index contributed by atoms with van der Waals surface area (Å²) in [5.74, 6) is -0.987. The van der Waals surface area contributed by atoms with E-state index in [9.17, 15) is 8.78 Å². The molecule has 3 heterocycles. The van der Waals surface area contributed by atoms with Crippen molar-refractivity contribution in [1.29, 1.82) is 0 Å². The molecule has 0 bridgehead atoms. The number of nitrogens with one attached hydrogen (secondary N) is 1. The van der Waals surface area contributed by atoms with Crippen LogP contribution in [0.2, 0.25) is 0 Å². The summed E-state index contributed by atoms with van der Waals surface area (Å²) < 4.78 is 28.8. The van der Waals surface area contributed by atoms with E-state index in [4.69, 9.17) is 0 Å². The fourth-order valence-corrected chi connectivity index (χ4v) is 3.29. The van der Waals surface area contributed by atoms with Gasteiger partial charge >= 0.3 is 0 Å². The first-order valence-corrected chi connectivity index (χ1v) is 7.77. The highest BCUT2D eigenvalue weighted by atomic mass is 19.1. The fraction of sp³-hybridized carbons (Fsp3) is 0.294. The number of nitrogens with zero attached hydrogens (tertiary/aromatic N) is 4. The van der Waals surface area contributed by atoms with Crippen molar-refractivity contribution in [3.63, 3.8) is 0 Å². The Morgan fingerprint density at radius 2 is 2.21 bits per heavy atom. The Kier molecular flexibility index (Phi) is 3.65. The second kappa shape index (κ2) is 5.83. The average Bonchev–Trinajstić information content (AvgIpc) is 3.18. The lowest BCUT2D eigenvalue weighted by atomic mass is 9.93. The van der Waals surface area contributed by atoms with E-state index in [0.29, 0.717) is 25.2 Å². The van der Waals surface area contributed by atoms with Crippen molar-refractivity contribution in [3.05, 3.63) is 71.1 Å². The number of aromatic amines is 1. The van der Waals surface area contributed by atoms with Crippen LogP contribution in [0.3, 0.4) is 0 Å². The number of halogens is 2. The Hall–Kier alpha value is -2.54. The number of aromatic nitrogens is 4. The molecule has 124 valence electrons. The van der Waals surface area contributed by atoms with Gasteiger partial charge in [-0.05, 0) is 6.07 Å². The molecule has 0 aliphatic carbocycles. The first kappa shape index (κ1) is 15.0. The van der Waals surface area contributed by atoms with E-state index in [-0.39, 0.29) is 5.92 Å². The van der Waals surface area contributed by atoms with Crippen LogP contribution in [0.1, 0.15) is 28.4 Å². The summed E-state index contributed by atoms with van der Waals surface area (Å²) in [7, 11) is 1.88. The summed E-state index contributed by atoms with van der Waals surface area (Å²) >= 11 is 0. The van der Waals surface area contributed by atoms with Gasteiger partial charge in [0.2, 0.25) is 0 Å². The lowest BCUT2D eigenvalue weighted by Gasteiger charge is -2.31. The van der Waals surface area contributed by atoms with E-state index in [1.807, 2.05) is 19.4 Å². The van der Waals surface area contributed by atoms with E-state index in [0.717, 1.165) is 23.0 Å². The molecular formula is C17H17F2N5. The van der Waals surface area contributed by atoms with Gasteiger partial charge in [0.25, 0.3) is 0 Å². The van der Waals surface area contributed by atoms with Crippen molar-refractivity contribution < 1.29 is 8.78 Å². The van der Waals surface area contributed by atoms with Crippen molar-refractivity contribution in [2.75, 3.05) is 6.54 Å². The zero-order chi connectivity index (χ0) is 16.7. The van der Waals surface area contributed by atoms with Crippen LogP contribution in [-0.2, 0) is 20.1 Å². The van der Waals surface area contributed by atoms with Gasteiger partial charge < -0.3 is 4.98 Å². The van der Waals surface area contributed by atoms with Crippen molar-refractivity contribution in [3.8, 4) is 0 Å². The zero-order valence-corrected chi connectivity index (χ0v) is 13.2. The van der Waals surface area contributed by atoms with Gasteiger partial charge in [0.1, 0.15) is 11.6 Å². The van der Waals surface area contributed by atoms with Gasteiger partial charge in [-0.3, -0.25) is 9.58 Å². The number of hydrogen-bond acceptors (Lipinski definition) is 3. The lowest BCUT2D eigenvalue weighted by Crippen LogP contribution is -2.34. The largest absolute Gasteiger partial charge is 0.347 e. The molecule has 4 rings (SSSR count). The second-order valence-electron chi connectivity index (χ2n) is 6.17. The minimum absolute atomic E-state index is 0.0807. The predicted molar refractivity (Wildman–Crippen MR) is 84.1 cm³/mol. The van der Waals surface area contributed by atoms with Crippen molar-refractivity contribution in [1.82, 2.24) is 24.6 Å². The molecule has 0 saturated carbocycles. The van der Waals surface area contributed by atoms with E-state index in [1.165, 1.54) is 12.1 Å². The van der Waals surface area contributed by atoms with Crippen LogP contribution in [0.4, 0.5) is 8.78 Å². The molecule has 1 aliphatic rings. The lowest BCUT2D eigenvalue weighted by molar-refractivity contribution is 0.224. The van der Waals surface area contributed by atoms with E-state index in [2.05, 4.69) is 20.0 Å². The summed E-state index contributed by atoms with van der Waals surface area (Å²) in [5, 5.41) is 4.24. The normalized spacial score (nSPS) is 17.9. The minimum Gasteiger partial charge on any atom is -0.347 e. The topological polar surface area (TPSA) is 49.7 Å². The van der Waals surface area contributed by atoms with Crippen molar-refractivity contribution in [2.45, 2.75) is 19.0 Å². The minimum atomic E-state index is -0.556. The standard InChI is InChI=1S/C17H17F2N5/c1-23-6-12(5-22-23)14-8-24(9-16-17(14)21-10-20-16)7-11-2-3-13(18)4-15(11)19/h2-6,10,14H,7-9H2,1H3,(H,20,21). The SMILES string of the molecule is Cn1cc(C2CN(Cc3ccc(F)cc3F)Cc3[nH]cnc32)cn1. The van der Waals surface area contributed by atoms with Gasteiger partial charge in [0.05, 0.1) is 23.9 Å². The van der Waals surface area contributed by atoms with Gasteiger partial charge in [0, 0.05) is 56.0 Å². The summed E-state index contributed by atoms with van der Waals surface area (Å²) in [6.45, 7) is 1.78. The molecule has 0 spiro atoms. The van der Waals surface area contributed by atoms with Crippen LogP contribution in [0.5, 0.6) is 0 Å². The monoisotopic (exact) mass is 329 g/mol. The Morgan fingerprint density at radius 1 is 1.33 bits per heavy atom. The Balaban J connectivity index is 1.62. The summed E-state index contributed by atoms with van der Waals surface area (Å²) in [4.78, 5) is 9.75. The number of benzene rings is 1. The average molecular weight is 329 g/mol. The van der Waals surface area contributed by atoms with Crippen LogP contribution in [0.15, 0.2) is 36.9 Å². The van der Waals surface area contributed by atoms with E-state index >= 15 is 0 Å². The maximum absolute atomic E-state index is 14.0. The molecule has 5 nitrogen and oxygen atoms in total. The molecule has 0 amide bonds. The second-order valence-corrected chi connectivity index (χ2v) is 6.17. The van der Waals surface area contributed by atoms with Crippen LogP contribution in [-0.4, -0.2) is 31.2 Å². The van der Waals surface area contributed by atoms with Gasteiger partial charge in [-0.1, -0.05) is 6.07 Å². The molecule has 0 fully saturated rings. The van der Waals surface area contributed by atoms with E-state index in [1.54, 1.807) is 11.0 Å². The summed E-state index contributed by atoms with van der Waals surface area (Å²) in [6, 6.07) is 3.73. The third-order valence-electron chi connectivity index (χ3n) is 4.44. The van der Waals surface area contributed by atoms with Crippen molar-refractivity contribution in [2.24, 2.45) is 7.05 Å². The molecule has 2 aromatic heterocycles. The number of rotatable bonds is 3. The highest BCUT2D eigenvalue weighted by molar-refractivity contribution is 5.31. The van der Waals surface area contributed by atoms with Crippen LogP contribution in [0.25, 0.3) is 0 Å². The molecule has 0 saturated heterocycles. The van der Waals surface area contributed by atoms with Crippen LogP contribution < -0.4 is 0 Å². The molecule has 1 unspecified atom stereocenters. The first-order valence-electron chi connectivity index (χ1n) is 7.77. The molecule has 1 atom stereocenters. The highest BCUT2D eigenvalue weighted by Gasteiger charge is 2.30. The number of aryl methyl sites for hydroxylation is 1. The van der Waals surface area contributed by atoms with Crippen molar-refractivity contribution >= 4 is 0 Å². The molecule has 1 N–H and O–H groups in total. The maximum atomic E-state index is 14.0. The van der Waals surface area contributed by atoms with Gasteiger partial charge in [-0.2, -0.15) is 5.10 Å². The maximum Gasteiger partial charge on any atom is 0.130 e. The third kappa shape index (κ3) is 2.71. The molecule has 0 radical (unpaired) electrons. The van der Waals surface area contributed by atoms with Gasteiger partial charge in [0.15, 0.2) is 0 Å². The Labute approximate surface area is 137 Å². The summed E-state index contributed by atoms with van der Waals surface area (Å²) in [6.07, 6.45) is 5.51. The molecular weight excluding hydrogens is 312 g/mol. The molecule has 1 aromatic carbocycles. The van der Waals surface area contributed by atoms with E-state index < -0.39 is 11.6 Å². The molecule has 1 aliphatic heterocycles. The van der Waals surface area contributed by atoms with Gasteiger partial charge in [-0.15, -0.1) is 0 Å². The molecule has 7 heteroatoms. The zero-order valence-electron chi connectivity index (χ0n) is 13.2. The third-order valence-corrected chi connectivity index (χ3v) is 4.44. The summed E-state index contributed by atoms with van der Waals surface area (Å²) in [5.41, 5.74) is 3.61. The predicted octanol–water partition coefficient (Wildman–Crippen LogP) is 2.57. The first-order chi connectivity index (χ1) is 11.6. The molecule has 24 heavy (non-hydrogen) atoms. The number of imidazole rings is 1. The Bertz CT molecular complexity index is 870. The van der Waals surface area contributed by atoms with Gasteiger partial charge in [-0.25, -0.2) is 13.8 Å². The highest BCUT2D eigenvalue weighted by Crippen LogP contribution is 2.32. The van der Waals surface area contributed by atoms with Crippen LogP contribution in [0, 0.1) is 11.6 Å². The Morgan fingerprint density at radius 3 is 2.96 bits per heavy atom. The fourth-order valence-electron chi connectivity index (χ4n) is 3.29. The smallest absolute Gasteiger partial charge is 0.130 e.